The zero-order valence-corrected chi connectivity index (χ0v) is 15.7. The Morgan fingerprint density at radius 3 is 2.89 bits per heavy atom. The molecule has 0 saturated carbocycles. The van der Waals surface area contributed by atoms with Crippen molar-refractivity contribution in [3.8, 4) is 0 Å². The molecule has 27 heavy (non-hydrogen) atoms. The number of hydrogen-bond donors (Lipinski definition) is 3. The summed E-state index contributed by atoms with van der Waals surface area (Å²) in [7, 11) is 2.04. The third-order valence-corrected chi connectivity index (χ3v) is 6.07. The van der Waals surface area contributed by atoms with Gasteiger partial charge in [0.25, 0.3) is 0 Å². The second-order valence-electron chi connectivity index (χ2n) is 7.76. The highest BCUT2D eigenvalue weighted by Gasteiger charge is 2.35. The Morgan fingerprint density at radius 2 is 2.07 bits per heavy atom. The molecule has 2 aromatic heterocycles. The van der Waals surface area contributed by atoms with Gasteiger partial charge in [-0.15, -0.1) is 0 Å². The Hall–Kier alpha value is -2.57. The monoisotopic (exact) mass is 363 g/mol. The van der Waals surface area contributed by atoms with Crippen LogP contribution in [0, 0.1) is 6.92 Å². The zero-order chi connectivity index (χ0) is 18.5. The summed E-state index contributed by atoms with van der Waals surface area (Å²) in [5, 5.41) is 1.25. The van der Waals surface area contributed by atoms with E-state index in [1.54, 1.807) is 0 Å². The van der Waals surface area contributed by atoms with Gasteiger partial charge in [-0.1, -0.05) is 18.2 Å². The van der Waals surface area contributed by atoms with E-state index in [1.165, 1.54) is 33.4 Å². The molecule has 1 saturated heterocycles. The molecule has 2 atom stereocenters. The molecule has 3 aromatic rings. The van der Waals surface area contributed by atoms with Crippen LogP contribution in [0.2, 0.25) is 0 Å². The number of hydrogen-bond acceptors (Lipinski definition) is 3. The first-order valence-electron chi connectivity index (χ1n) is 9.62. The summed E-state index contributed by atoms with van der Waals surface area (Å²) in [5.41, 5.74) is 12.7. The number of aryl methyl sites for hydroxylation is 2. The van der Waals surface area contributed by atoms with E-state index in [1.807, 2.05) is 24.2 Å². The Labute approximate surface area is 158 Å². The number of carbonyl (C=O) groups is 1. The smallest absolute Gasteiger partial charge is 0.241 e. The molecule has 2 aliphatic rings. The fraction of sp³-hybridized carbons (Fsp3) is 0.381. The van der Waals surface area contributed by atoms with Gasteiger partial charge >= 0.3 is 0 Å². The molecule has 1 fully saturated rings. The van der Waals surface area contributed by atoms with Gasteiger partial charge in [-0.25, -0.2) is 10.9 Å². The van der Waals surface area contributed by atoms with Gasteiger partial charge in [0.05, 0.1) is 6.04 Å². The lowest BCUT2D eigenvalue weighted by Gasteiger charge is -2.29. The topological polar surface area (TPSA) is 65.1 Å². The lowest BCUT2D eigenvalue weighted by molar-refractivity contribution is -0.134. The SMILES string of the molecule is Cc1cccc2c3c([nH]c12)CCN(C(=O)C1CC(c2cccn2C)NN1)C3. The first kappa shape index (κ1) is 16.6. The highest BCUT2D eigenvalue weighted by Crippen LogP contribution is 2.30. The van der Waals surface area contributed by atoms with Crippen molar-refractivity contribution < 1.29 is 4.79 Å². The summed E-state index contributed by atoms with van der Waals surface area (Å²) in [6.45, 7) is 3.58. The summed E-state index contributed by atoms with van der Waals surface area (Å²) in [6, 6.07) is 10.5. The van der Waals surface area contributed by atoms with E-state index in [9.17, 15) is 4.79 Å². The summed E-state index contributed by atoms with van der Waals surface area (Å²) in [4.78, 5) is 18.7. The molecule has 1 amide bonds. The van der Waals surface area contributed by atoms with Crippen LogP contribution in [0.15, 0.2) is 36.5 Å². The highest BCUT2D eigenvalue weighted by atomic mass is 16.2. The van der Waals surface area contributed by atoms with Crippen molar-refractivity contribution >= 4 is 16.8 Å². The van der Waals surface area contributed by atoms with Gasteiger partial charge in [-0.3, -0.25) is 4.79 Å². The van der Waals surface area contributed by atoms with Gasteiger partial charge < -0.3 is 14.5 Å². The predicted molar refractivity (Wildman–Crippen MR) is 105 cm³/mol. The van der Waals surface area contributed by atoms with Gasteiger partial charge in [0.15, 0.2) is 0 Å². The van der Waals surface area contributed by atoms with Crippen LogP contribution in [-0.2, 0) is 24.8 Å². The van der Waals surface area contributed by atoms with E-state index in [2.05, 4.69) is 51.6 Å². The van der Waals surface area contributed by atoms with Crippen LogP contribution < -0.4 is 10.9 Å². The van der Waals surface area contributed by atoms with E-state index in [0.29, 0.717) is 6.54 Å². The molecule has 0 spiro atoms. The first-order valence-corrected chi connectivity index (χ1v) is 9.62. The number of rotatable bonds is 2. The van der Waals surface area contributed by atoms with Gasteiger partial charge in [-0.05, 0) is 31.0 Å². The van der Waals surface area contributed by atoms with Crippen molar-refractivity contribution in [2.45, 2.75) is 38.4 Å². The number of hydrazine groups is 1. The number of benzene rings is 1. The number of fused-ring (bicyclic) bond motifs is 3. The van der Waals surface area contributed by atoms with Crippen LogP contribution in [0.5, 0.6) is 0 Å². The van der Waals surface area contributed by atoms with Crippen molar-refractivity contribution in [1.82, 2.24) is 25.3 Å². The number of nitrogens with one attached hydrogen (secondary N) is 3. The van der Waals surface area contributed by atoms with Crippen molar-refractivity contribution in [1.29, 1.82) is 0 Å². The maximum Gasteiger partial charge on any atom is 0.241 e. The number of aromatic amines is 1. The lowest BCUT2D eigenvalue weighted by Crippen LogP contribution is -2.47. The molecule has 2 aliphatic heterocycles. The molecule has 6 nitrogen and oxygen atoms in total. The van der Waals surface area contributed by atoms with Crippen LogP contribution in [0.4, 0.5) is 0 Å². The Morgan fingerprint density at radius 1 is 1.19 bits per heavy atom. The molecule has 2 unspecified atom stereocenters. The molecule has 6 heteroatoms. The van der Waals surface area contributed by atoms with Gasteiger partial charge in [-0.2, -0.15) is 0 Å². The fourth-order valence-corrected chi connectivity index (χ4v) is 4.54. The van der Waals surface area contributed by atoms with Crippen LogP contribution in [0.1, 0.15) is 35.0 Å². The van der Waals surface area contributed by atoms with Gasteiger partial charge in [0.2, 0.25) is 5.91 Å². The van der Waals surface area contributed by atoms with Gasteiger partial charge in [0, 0.05) is 60.6 Å². The summed E-state index contributed by atoms with van der Waals surface area (Å²) >= 11 is 0. The molecular formula is C21H25N5O. The molecule has 3 N–H and O–H groups in total. The van der Waals surface area contributed by atoms with Crippen LogP contribution in [0.25, 0.3) is 10.9 Å². The van der Waals surface area contributed by atoms with Crippen molar-refractivity contribution in [2.24, 2.45) is 7.05 Å². The average molecular weight is 363 g/mol. The fourth-order valence-electron chi connectivity index (χ4n) is 4.54. The van der Waals surface area contributed by atoms with Gasteiger partial charge in [0.1, 0.15) is 6.04 Å². The molecule has 0 radical (unpaired) electrons. The van der Waals surface area contributed by atoms with Crippen LogP contribution in [-0.4, -0.2) is 32.9 Å². The van der Waals surface area contributed by atoms with Crippen molar-refractivity contribution in [3.05, 3.63) is 59.0 Å². The second kappa shape index (κ2) is 6.25. The van der Waals surface area contributed by atoms with E-state index in [4.69, 9.17) is 0 Å². The Balaban J connectivity index is 1.35. The van der Waals surface area contributed by atoms with E-state index in [0.717, 1.165) is 19.4 Å². The number of amides is 1. The first-order chi connectivity index (χ1) is 13.1. The van der Waals surface area contributed by atoms with Crippen molar-refractivity contribution in [3.63, 3.8) is 0 Å². The molecule has 140 valence electrons. The number of aromatic nitrogens is 2. The number of H-pyrrole nitrogens is 1. The molecule has 1 aromatic carbocycles. The standard InChI is InChI=1S/C21H25N5O/c1-13-5-3-6-14-15-12-26(10-8-16(15)22-20(13)14)21(27)18-11-17(23-24-18)19-7-4-9-25(19)2/h3-7,9,17-18,22-24H,8,10-12H2,1-2H3. The maximum absolute atomic E-state index is 13.1. The molecule has 0 aliphatic carbocycles. The number of para-hydroxylation sites is 1. The number of carbonyl (C=O) groups excluding carboxylic acids is 1. The second-order valence-corrected chi connectivity index (χ2v) is 7.76. The minimum Gasteiger partial charge on any atom is -0.358 e. The Bertz CT molecular complexity index is 1020. The zero-order valence-electron chi connectivity index (χ0n) is 15.7. The summed E-state index contributed by atoms with van der Waals surface area (Å²) < 4.78 is 2.10. The minimum atomic E-state index is -0.182. The highest BCUT2D eigenvalue weighted by molar-refractivity contribution is 5.89. The van der Waals surface area contributed by atoms with E-state index in [-0.39, 0.29) is 18.0 Å². The normalized spacial score (nSPS) is 22.4. The van der Waals surface area contributed by atoms with Crippen LogP contribution in [0.3, 0.4) is 0 Å². The third-order valence-electron chi connectivity index (χ3n) is 6.07. The summed E-state index contributed by atoms with van der Waals surface area (Å²) in [6.07, 6.45) is 3.70. The van der Waals surface area contributed by atoms with E-state index < -0.39 is 0 Å². The molecule has 4 heterocycles. The maximum atomic E-state index is 13.1. The van der Waals surface area contributed by atoms with Crippen LogP contribution >= 0.6 is 0 Å². The quantitative estimate of drug-likeness (QED) is 0.655. The molecule has 0 bridgehead atoms. The average Bonchev–Trinajstić information content (AvgIpc) is 3.39. The Kier molecular flexibility index (Phi) is 3.84. The number of nitrogens with zero attached hydrogens (tertiary/aromatic N) is 2. The van der Waals surface area contributed by atoms with Crippen molar-refractivity contribution in [2.75, 3.05) is 6.54 Å². The molecule has 5 rings (SSSR count). The predicted octanol–water partition coefficient (Wildman–Crippen LogP) is 2.31. The molecular weight excluding hydrogens is 338 g/mol. The minimum absolute atomic E-state index is 0.162. The van der Waals surface area contributed by atoms with E-state index >= 15 is 0 Å². The third kappa shape index (κ3) is 2.67. The lowest BCUT2D eigenvalue weighted by atomic mass is 10.0. The largest absolute Gasteiger partial charge is 0.358 e. The summed E-state index contributed by atoms with van der Waals surface area (Å²) in [5.74, 6) is 0.187.